The van der Waals surface area contributed by atoms with Gasteiger partial charge in [0.1, 0.15) is 11.5 Å². The number of carbonyl (C=O) groups is 2. The SMILES string of the molecule is CCOc1ccc(NC(=O)C2CC2C(=O)Nc2ccccc2OCC)cc1. The highest BCUT2D eigenvalue weighted by atomic mass is 16.5. The van der Waals surface area contributed by atoms with Gasteiger partial charge in [0.05, 0.1) is 30.7 Å². The standard InChI is InChI=1S/C21H24N2O4/c1-3-26-15-11-9-14(10-12-15)22-20(24)16-13-17(16)21(25)23-18-7-5-6-8-19(18)27-4-2/h5-12,16-17H,3-4,13H2,1-2H3,(H,22,24)(H,23,25). The van der Waals surface area contributed by atoms with E-state index in [-0.39, 0.29) is 23.7 Å². The molecule has 0 radical (unpaired) electrons. The number of ether oxygens (including phenoxy) is 2. The molecule has 0 spiro atoms. The third-order valence-corrected chi connectivity index (χ3v) is 4.34. The van der Waals surface area contributed by atoms with Crippen LogP contribution in [0.1, 0.15) is 20.3 Å². The number of carbonyl (C=O) groups excluding carboxylic acids is 2. The van der Waals surface area contributed by atoms with E-state index in [0.717, 1.165) is 5.75 Å². The van der Waals surface area contributed by atoms with Gasteiger partial charge in [-0.25, -0.2) is 0 Å². The molecule has 0 bridgehead atoms. The Hall–Kier alpha value is -3.02. The van der Waals surface area contributed by atoms with E-state index >= 15 is 0 Å². The van der Waals surface area contributed by atoms with Crippen LogP contribution in [0.5, 0.6) is 11.5 Å². The Morgan fingerprint density at radius 2 is 1.52 bits per heavy atom. The Balaban J connectivity index is 1.54. The van der Waals surface area contributed by atoms with Gasteiger partial charge in [-0.3, -0.25) is 9.59 Å². The first-order valence-electron chi connectivity index (χ1n) is 9.18. The summed E-state index contributed by atoms with van der Waals surface area (Å²) in [5.41, 5.74) is 1.32. The van der Waals surface area contributed by atoms with Crippen LogP contribution < -0.4 is 20.1 Å². The number of hydrogen-bond acceptors (Lipinski definition) is 4. The third-order valence-electron chi connectivity index (χ3n) is 4.34. The van der Waals surface area contributed by atoms with Gasteiger partial charge in [-0.05, 0) is 56.7 Å². The lowest BCUT2D eigenvalue weighted by atomic mass is 10.2. The molecule has 0 heterocycles. The van der Waals surface area contributed by atoms with E-state index in [1.807, 2.05) is 32.0 Å². The summed E-state index contributed by atoms with van der Waals surface area (Å²) in [4.78, 5) is 24.8. The highest BCUT2D eigenvalue weighted by Gasteiger charge is 2.48. The van der Waals surface area contributed by atoms with Crippen LogP contribution in [0.4, 0.5) is 11.4 Å². The largest absolute Gasteiger partial charge is 0.494 e. The molecule has 2 amide bonds. The lowest BCUT2D eigenvalue weighted by Gasteiger charge is -2.11. The number of amides is 2. The monoisotopic (exact) mass is 368 g/mol. The molecule has 6 nitrogen and oxygen atoms in total. The lowest BCUT2D eigenvalue weighted by molar-refractivity contribution is -0.122. The van der Waals surface area contributed by atoms with Crippen molar-refractivity contribution in [3.05, 3.63) is 48.5 Å². The van der Waals surface area contributed by atoms with Crippen LogP contribution in [0.2, 0.25) is 0 Å². The molecule has 2 aromatic rings. The Labute approximate surface area is 158 Å². The molecule has 3 rings (SSSR count). The summed E-state index contributed by atoms with van der Waals surface area (Å²) in [5, 5.41) is 5.72. The van der Waals surface area contributed by atoms with E-state index < -0.39 is 0 Å². The molecule has 6 heteroatoms. The first-order valence-corrected chi connectivity index (χ1v) is 9.18. The fourth-order valence-corrected chi connectivity index (χ4v) is 2.89. The van der Waals surface area contributed by atoms with Crippen molar-refractivity contribution in [2.45, 2.75) is 20.3 Å². The number of nitrogens with one attached hydrogen (secondary N) is 2. The summed E-state index contributed by atoms with van der Waals surface area (Å²) < 4.78 is 10.9. The zero-order valence-electron chi connectivity index (χ0n) is 15.5. The Morgan fingerprint density at radius 1 is 0.889 bits per heavy atom. The average Bonchev–Trinajstić information content (AvgIpc) is 3.46. The second kappa shape index (κ2) is 8.58. The smallest absolute Gasteiger partial charge is 0.228 e. The van der Waals surface area contributed by atoms with Gasteiger partial charge in [-0.15, -0.1) is 0 Å². The fraction of sp³-hybridized carbons (Fsp3) is 0.333. The molecule has 2 unspecified atom stereocenters. The minimum Gasteiger partial charge on any atom is -0.494 e. The van der Waals surface area contributed by atoms with Crippen LogP contribution in [-0.2, 0) is 9.59 Å². The molecule has 2 aromatic carbocycles. The van der Waals surface area contributed by atoms with E-state index in [4.69, 9.17) is 9.47 Å². The molecule has 0 saturated heterocycles. The molecule has 2 atom stereocenters. The van der Waals surface area contributed by atoms with E-state index in [9.17, 15) is 9.59 Å². The maximum Gasteiger partial charge on any atom is 0.228 e. The molecule has 0 aliphatic heterocycles. The zero-order valence-corrected chi connectivity index (χ0v) is 15.5. The zero-order chi connectivity index (χ0) is 19.2. The van der Waals surface area contributed by atoms with Crippen molar-refractivity contribution in [3.63, 3.8) is 0 Å². The maximum atomic E-state index is 12.5. The summed E-state index contributed by atoms with van der Waals surface area (Å²) >= 11 is 0. The normalized spacial score (nSPS) is 17.7. The van der Waals surface area contributed by atoms with E-state index in [0.29, 0.717) is 36.8 Å². The van der Waals surface area contributed by atoms with Crippen molar-refractivity contribution in [3.8, 4) is 11.5 Å². The van der Waals surface area contributed by atoms with Crippen molar-refractivity contribution < 1.29 is 19.1 Å². The van der Waals surface area contributed by atoms with Crippen molar-refractivity contribution in [2.75, 3.05) is 23.8 Å². The van der Waals surface area contributed by atoms with Crippen LogP contribution in [0.15, 0.2) is 48.5 Å². The number of para-hydroxylation sites is 2. The third kappa shape index (κ3) is 4.78. The van der Waals surface area contributed by atoms with Gasteiger partial charge in [0, 0.05) is 5.69 Å². The Morgan fingerprint density at radius 3 is 2.19 bits per heavy atom. The van der Waals surface area contributed by atoms with Gasteiger partial charge in [0.15, 0.2) is 0 Å². The molecule has 142 valence electrons. The predicted molar refractivity (Wildman–Crippen MR) is 104 cm³/mol. The van der Waals surface area contributed by atoms with Crippen molar-refractivity contribution in [1.29, 1.82) is 0 Å². The summed E-state index contributed by atoms with van der Waals surface area (Å²) in [5.74, 6) is 0.459. The predicted octanol–water partition coefficient (Wildman–Crippen LogP) is 3.70. The van der Waals surface area contributed by atoms with Gasteiger partial charge >= 0.3 is 0 Å². The van der Waals surface area contributed by atoms with Crippen molar-refractivity contribution in [1.82, 2.24) is 0 Å². The minimum atomic E-state index is -0.317. The van der Waals surface area contributed by atoms with Gasteiger partial charge < -0.3 is 20.1 Å². The van der Waals surface area contributed by atoms with Crippen molar-refractivity contribution >= 4 is 23.2 Å². The average molecular weight is 368 g/mol. The van der Waals surface area contributed by atoms with Crippen LogP contribution in [-0.4, -0.2) is 25.0 Å². The quantitative estimate of drug-likeness (QED) is 0.745. The Bertz CT molecular complexity index is 804. The summed E-state index contributed by atoms with van der Waals surface area (Å²) in [6.07, 6.45) is 0.547. The highest BCUT2D eigenvalue weighted by molar-refractivity contribution is 6.03. The summed E-state index contributed by atoms with van der Waals surface area (Å²) in [7, 11) is 0. The van der Waals surface area contributed by atoms with E-state index in [1.54, 1.807) is 30.3 Å². The first kappa shape index (κ1) is 18.8. The van der Waals surface area contributed by atoms with Gasteiger partial charge in [-0.1, -0.05) is 12.1 Å². The van der Waals surface area contributed by atoms with Crippen LogP contribution in [0, 0.1) is 11.8 Å². The molecule has 2 N–H and O–H groups in total. The first-order chi connectivity index (χ1) is 13.1. The molecular formula is C21H24N2O4. The molecular weight excluding hydrogens is 344 g/mol. The van der Waals surface area contributed by atoms with E-state index in [1.165, 1.54) is 0 Å². The van der Waals surface area contributed by atoms with E-state index in [2.05, 4.69) is 10.6 Å². The molecule has 1 fully saturated rings. The van der Waals surface area contributed by atoms with Crippen LogP contribution >= 0.6 is 0 Å². The van der Waals surface area contributed by atoms with Gasteiger partial charge in [0.25, 0.3) is 0 Å². The molecule has 0 aromatic heterocycles. The van der Waals surface area contributed by atoms with Crippen LogP contribution in [0.25, 0.3) is 0 Å². The second-order valence-corrected chi connectivity index (χ2v) is 6.31. The number of benzene rings is 2. The minimum absolute atomic E-state index is 0.141. The molecule has 1 aliphatic rings. The van der Waals surface area contributed by atoms with Gasteiger partial charge in [-0.2, -0.15) is 0 Å². The fourth-order valence-electron chi connectivity index (χ4n) is 2.89. The maximum absolute atomic E-state index is 12.5. The highest BCUT2D eigenvalue weighted by Crippen LogP contribution is 2.41. The lowest BCUT2D eigenvalue weighted by Crippen LogP contribution is -2.20. The number of hydrogen-bond donors (Lipinski definition) is 2. The summed E-state index contributed by atoms with van der Waals surface area (Å²) in [6, 6.07) is 14.5. The number of anilines is 2. The molecule has 1 saturated carbocycles. The molecule has 1 aliphatic carbocycles. The Kier molecular flexibility index (Phi) is 5.96. The summed E-state index contributed by atoms with van der Waals surface area (Å²) in [6.45, 7) is 4.92. The number of rotatable bonds is 8. The van der Waals surface area contributed by atoms with Crippen LogP contribution in [0.3, 0.4) is 0 Å². The van der Waals surface area contributed by atoms with Crippen molar-refractivity contribution in [2.24, 2.45) is 11.8 Å². The topological polar surface area (TPSA) is 76.7 Å². The van der Waals surface area contributed by atoms with Gasteiger partial charge in [0.2, 0.25) is 11.8 Å². The second-order valence-electron chi connectivity index (χ2n) is 6.31. The molecule has 27 heavy (non-hydrogen) atoms.